The molecule has 27 heavy (non-hydrogen) atoms. The SMILES string of the molecule is O=C(O)CC[C@H]1CCCN(C(=O)c2cc3ccc(OC(F)(F)F)cc3[nH]2)C1. The molecule has 1 aliphatic rings. The molecule has 2 N–H and O–H groups in total. The summed E-state index contributed by atoms with van der Waals surface area (Å²) < 4.78 is 40.9. The van der Waals surface area contributed by atoms with Crippen molar-refractivity contribution in [2.24, 2.45) is 5.92 Å². The summed E-state index contributed by atoms with van der Waals surface area (Å²) in [6, 6.07) is 5.44. The molecule has 0 aliphatic carbocycles. The van der Waals surface area contributed by atoms with Crippen LogP contribution in [0.1, 0.15) is 36.2 Å². The summed E-state index contributed by atoms with van der Waals surface area (Å²) in [6.45, 7) is 1.05. The van der Waals surface area contributed by atoms with Crippen molar-refractivity contribution in [2.45, 2.75) is 32.0 Å². The molecular formula is C18H19F3N2O4. The maximum absolute atomic E-state index is 12.7. The Labute approximate surface area is 152 Å². The van der Waals surface area contributed by atoms with Crippen LogP contribution in [0.2, 0.25) is 0 Å². The van der Waals surface area contributed by atoms with Gasteiger partial charge in [0.25, 0.3) is 5.91 Å². The van der Waals surface area contributed by atoms with Gasteiger partial charge in [0.05, 0.1) is 0 Å². The fourth-order valence-corrected chi connectivity index (χ4v) is 3.40. The van der Waals surface area contributed by atoms with Gasteiger partial charge < -0.3 is 19.7 Å². The van der Waals surface area contributed by atoms with Crippen LogP contribution in [0.15, 0.2) is 24.3 Å². The van der Waals surface area contributed by atoms with E-state index < -0.39 is 12.3 Å². The largest absolute Gasteiger partial charge is 0.573 e. The molecule has 6 nitrogen and oxygen atoms in total. The third-order valence-electron chi connectivity index (χ3n) is 4.63. The average molecular weight is 384 g/mol. The molecule has 0 unspecified atom stereocenters. The number of hydrogen-bond donors (Lipinski definition) is 2. The van der Waals surface area contributed by atoms with Crippen LogP contribution in [0.3, 0.4) is 0 Å². The van der Waals surface area contributed by atoms with Gasteiger partial charge in [-0.3, -0.25) is 9.59 Å². The van der Waals surface area contributed by atoms with Crippen molar-refractivity contribution >= 4 is 22.8 Å². The number of carboxylic acids is 1. The lowest BCUT2D eigenvalue weighted by molar-refractivity contribution is -0.274. The average Bonchev–Trinajstić information content (AvgIpc) is 3.01. The number of carbonyl (C=O) groups is 2. The number of likely N-dealkylation sites (tertiary alicyclic amines) is 1. The van der Waals surface area contributed by atoms with E-state index in [0.717, 1.165) is 12.8 Å². The van der Waals surface area contributed by atoms with Crippen LogP contribution in [0.4, 0.5) is 13.2 Å². The Morgan fingerprint density at radius 2 is 2.07 bits per heavy atom. The Balaban J connectivity index is 1.72. The molecule has 1 amide bonds. The first-order valence-electron chi connectivity index (χ1n) is 8.61. The molecule has 1 aromatic carbocycles. The minimum atomic E-state index is -4.78. The zero-order valence-corrected chi connectivity index (χ0v) is 14.4. The normalized spacial score (nSPS) is 17.9. The maximum atomic E-state index is 12.7. The number of carbonyl (C=O) groups excluding carboxylic acids is 1. The molecule has 2 heterocycles. The topological polar surface area (TPSA) is 82.6 Å². The number of aromatic nitrogens is 1. The van der Waals surface area contributed by atoms with Crippen molar-refractivity contribution in [3.63, 3.8) is 0 Å². The van der Waals surface area contributed by atoms with E-state index in [-0.39, 0.29) is 29.7 Å². The van der Waals surface area contributed by atoms with Gasteiger partial charge in [0.2, 0.25) is 0 Å². The van der Waals surface area contributed by atoms with E-state index in [1.54, 1.807) is 11.0 Å². The third-order valence-corrected chi connectivity index (χ3v) is 4.63. The Morgan fingerprint density at radius 3 is 2.78 bits per heavy atom. The number of benzene rings is 1. The van der Waals surface area contributed by atoms with Crippen LogP contribution in [0.25, 0.3) is 10.9 Å². The van der Waals surface area contributed by atoms with Gasteiger partial charge in [-0.25, -0.2) is 0 Å². The van der Waals surface area contributed by atoms with Gasteiger partial charge in [0, 0.05) is 36.5 Å². The van der Waals surface area contributed by atoms with Gasteiger partial charge in [-0.05, 0) is 43.4 Å². The minimum Gasteiger partial charge on any atom is -0.481 e. The monoisotopic (exact) mass is 384 g/mol. The standard InChI is InChI=1S/C18H19F3N2O4/c19-18(20,21)27-13-5-4-12-8-15(22-14(12)9-13)17(26)23-7-1-2-11(10-23)3-6-16(24)25/h4-5,8-9,11,22H,1-3,6-7,10H2,(H,24,25)/t11-/m1/s1. The fraction of sp³-hybridized carbons (Fsp3) is 0.444. The van der Waals surface area contributed by atoms with Gasteiger partial charge in [-0.15, -0.1) is 13.2 Å². The minimum absolute atomic E-state index is 0.0705. The second-order valence-corrected chi connectivity index (χ2v) is 6.67. The van der Waals surface area contributed by atoms with Crippen molar-refractivity contribution in [3.8, 4) is 5.75 Å². The molecule has 1 aliphatic heterocycles. The number of amides is 1. The van der Waals surface area contributed by atoms with E-state index in [0.29, 0.717) is 30.4 Å². The second kappa shape index (κ2) is 7.50. The highest BCUT2D eigenvalue weighted by molar-refractivity contribution is 5.98. The molecular weight excluding hydrogens is 365 g/mol. The van der Waals surface area contributed by atoms with Crippen molar-refractivity contribution < 1.29 is 32.6 Å². The first-order valence-corrected chi connectivity index (χ1v) is 8.61. The van der Waals surface area contributed by atoms with Crippen LogP contribution >= 0.6 is 0 Å². The van der Waals surface area contributed by atoms with Crippen molar-refractivity contribution in [1.82, 2.24) is 9.88 Å². The Bertz CT molecular complexity index is 847. The second-order valence-electron chi connectivity index (χ2n) is 6.67. The number of halogens is 3. The van der Waals surface area contributed by atoms with Crippen LogP contribution in [-0.2, 0) is 4.79 Å². The third kappa shape index (κ3) is 4.93. The highest BCUT2D eigenvalue weighted by Crippen LogP contribution is 2.28. The van der Waals surface area contributed by atoms with E-state index >= 15 is 0 Å². The lowest BCUT2D eigenvalue weighted by atomic mass is 9.93. The number of nitrogens with zero attached hydrogens (tertiary/aromatic N) is 1. The highest BCUT2D eigenvalue weighted by Gasteiger charge is 2.31. The van der Waals surface area contributed by atoms with Gasteiger partial charge in [0.1, 0.15) is 11.4 Å². The molecule has 2 aromatic rings. The zero-order chi connectivity index (χ0) is 19.6. The molecule has 1 saturated heterocycles. The molecule has 1 atom stereocenters. The quantitative estimate of drug-likeness (QED) is 0.822. The number of ether oxygens (including phenoxy) is 1. The van der Waals surface area contributed by atoms with Gasteiger partial charge in [-0.1, -0.05) is 0 Å². The molecule has 0 spiro atoms. The number of nitrogens with one attached hydrogen (secondary N) is 1. The zero-order valence-electron chi connectivity index (χ0n) is 14.4. The summed E-state index contributed by atoms with van der Waals surface area (Å²) >= 11 is 0. The lowest BCUT2D eigenvalue weighted by Crippen LogP contribution is -2.40. The molecule has 1 aromatic heterocycles. The predicted octanol–water partition coefficient (Wildman–Crippen LogP) is 3.78. The molecule has 0 saturated carbocycles. The summed E-state index contributed by atoms with van der Waals surface area (Å²) in [5.41, 5.74) is 0.660. The number of rotatable bonds is 5. The van der Waals surface area contributed by atoms with Crippen molar-refractivity contribution in [2.75, 3.05) is 13.1 Å². The first-order chi connectivity index (χ1) is 12.7. The number of H-pyrrole nitrogens is 1. The molecule has 0 bridgehead atoms. The van der Waals surface area contributed by atoms with Crippen LogP contribution < -0.4 is 4.74 Å². The number of aliphatic carboxylic acids is 1. The van der Waals surface area contributed by atoms with Crippen LogP contribution in [0.5, 0.6) is 5.75 Å². The Hall–Kier alpha value is -2.71. The maximum Gasteiger partial charge on any atom is 0.573 e. The van der Waals surface area contributed by atoms with Crippen molar-refractivity contribution in [3.05, 3.63) is 30.0 Å². The molecule has 1 fully saturated rings. The van der Waals surface area contributed by atoms with Gasteiger partial charge in [-0.2, -0.15) is 0 Å². The number of piperidine rings is 1. The first kappa shape index (κ1) is 19.1. The van der Waals surface area contributed by atoms with E-state index in [4.69, 9.17) is 5.11 Å². The van der Waals surface area contributed by atoms with E-state index in [1.165, 1.54) is 18.2 Å². The van der Waals surface area contributed by atoms with Crippen LogP contribution in [-0.4, -0.2) is 46.3 Å². The Morgan fingerprint density at radius 1 is 1.30 bits per heavy atom. The number of hydrogen-bond acceptors (Lipinski definition) is 3. The highest BCUT2D eigenvalue weighted by atomic mass is 19.4. The number of alkyl halides is 3. The summed E-state index contributed by atoms with van der Waals surface area (Å²) in [6.07, 6.45) is -2.52. The predicted molar refractivity (Wildman–Crippen MR) is 90.5 cm³/mol. The Kier molecular flexibility index (Phi) is 5.29. The number of fused-ring (bicyclic) bond motifs is 1. The number of aromatic amines is 1. The van der Waals surface area contributed by atoms with Gasteiger partial charge in [0.15, 0.2) is 0 Å². The van der Waals surface area contributed by atoms with Gasteiger partial charge >= 0.3 is 12.3 Å². The van der Waals surface area contributed by atoms with Crippen LogP contribution in [0, 0.1) is 5.92 Å². The fourth-order valence-electron chi connectivity index (χ4n) is 3.40. The van der Waals surface area contributed by atoms with Crippen molar-refractivity contribution in [1.29, 1.82) is 0 Å². The molecule has 9 heteroatoms. The molecule has 146 valence electrons. The van der Waals surface area contributed by atoms with E-state index in [2.05, 4.69) is 9.72 Å². The molecule has 3 rings (SSSR count). The lowest BCUT2D eigenvalue weighted by Gasteiger charge is -2.32. The summed E-state index contributed by atoms with van der Waals surface area (Å²) in [5, 5.41) is 9.41. The molecule has 0 radical (unpaired) electrons. The summed E-state index contributed by atoms with van der Waals surface area (Å²) in [7, 11) is 0. The summed E-state index contributed by atoms with van der Waals surface area (Å²) in [4.78, 5) is 28.0. The summed E-state index contributed by atoms with van der Waals surface area (Å²) in [5.74, 6) is -1.33. The van der Waals surface area contributed by atoms with E-state index in [1.807, 2.05) is 0 Å². The number of carboxylic acid groups (broad SMARTS) is 1. The smallest absolute Gasteiger partial charge is 0.481 e. The van der Waals surface area contributed by atoms with E-state index in [9.17, 15) is 22.8 Å².